The Bertz CT molecular complexity index is 507. The number of rotatable bonds is 6. The molecule has 1 aromatic carbocycles. The van der Waals surface area contributed by atoms with Crippen LogP contribution in [0.1, 0.15) is 24.8 Å². The predicted molar refractivity (Wildman–Crippen MR) is 81.3 cm³/mol. The van der Waals surface area contributed by atoms with Crippen LogP contribution in [0.4, 0.5) is 5.69 Å². The summed E-state index contributed by atoms with van der Waals surface area (Å²) in [7, 11) is 3.58. The van der Waals surface area contributed by atoms with Gasteiger partial charge in [0, 0.05) is 18.7 Å². The number of ether oxygens (including phenoxy) is 1. The van der Waals surface area contributed by atoms with Crippen LogP contribution in [0.2, 0.25) is 0 Å². The van der Waals surface area contributed by atoms with Crippen molar-refractivity contribution < 1.29 is 9.66 Å². The summed E-state index contributed by atoms with van der Waals surface area (Å²) in [5.41, 5.74) is 6.79. The Morgan fingerprint density at radius 2 is 2.19 bits per heavy atom. The average molecular weight is 293 g/mol. The summed E-state index contributed by atoms with van der Waals surface area (Å²) in [5, 5.41) is 11.0. The Balaban J connectivity index is 2.14. The van der Waals surface area contributed by atoms with Gasteiger partial charge in [0.1, 0.15) is 5.75 Å². The largest absolute Gasteiger partial charge is 0.496 e. The second-order valence-electron chi connectivity index (χ2n) is 5.71. The quantitative estimate of drug-likeness (QED) is 0.642. The third-order valence-electron chi connectivity index (χ3n) is 4.32. The van der Waals surface area contributed by atoms with E-state index in [2.05, 4.69) is 11.9 Å². The van der Waals surface area contributed by atoms with Gasteiger partial charge >= 0.3 is 0 Å². The number of hydrogen-bond acceptors (Lipinski definition) is 5. The van der Waals surface area contributed by atoms with Gasteiger partial charge in [-0.15, -0.1) is 0 Å². The molecule has 0 heterocycles. The van der Waals surface area contributed by atoms with E-state index in [0.717, 1.165) is 12.0 Å². The second-order valence-corrected chi connectivity index (χ2v) is 5.71. The fraction of sp³-hybridized carbons (Fsp3) is 0.600. The molecule has 0 saturated heterocycles. The normalized spacial score (nSPS) is 21.7. The summed E-state index contributed by atoms with van der Waals surface area (Å²) in [4.78, 5) is 12.8. The fourth-order valence-corrected chi connectivity index (χ4v) is 3.24. The molecule has 6 nitrogen and oxygen atoms in total. The van der Waals surface area contributed by atoms with Gasteiger partial charge in [0.15, 0.2) is 0 Å². The summed E-state index contributed by atoms with van der Waals surface area (Å²) in [6.45, 7) is 1.37. The minimum absolute atomic E-state index is 0.0690. The number of methoxy groups -OCH3 is 1. The Labute approximate surface area is 125 Å². The lowest BCUT2D eigenvalue weighted by molar-refractivity contribution is -0.385. The zero-order valence-electron chi connectivity index (χ0n) is 12.6. The Morgan fingerprint density at radius 1 is 1.43 bits per heavy atom. The molecule has 0 bridgehead atoms. The van der Waals surface area contributed by atoms with Crippen molar-refractivity contribution in [3.8, 4) is 5.75 Å². The molecule has 1 aliphatic carbocycles. The lowest BCUT2D eigenvalue weighted by Crippen LogP contribution is -2.37. The maximum absolute atomic E-state index is 11.0. The highest BCUT2D eigenvalue weighted by Crippen LogP contribution is 2.30. The minimum Gasteiger partial charge on any atom is -0.496 e. The van der Waals surface area contributed by atoms with Crippen LogP contribution in [-0.2, 0) is 6.54 Å². The first-order valence-corrected chi connectivity index (χ1v) is 7.27. The van der Waals surface area contributed by atoms with Crippen LogP contribution in [0.3, 0.4) is 0 Å². The predicted octanol–water partition coefficient (Wildman–Crippen LogP) is 2.16. The molecule has 2 atom stereocenters. The number of nitro benzene ring substituents is 1. The first-order chi connectivity index (χ1) is 10.0. The maximum atomic E-state index is 11.0. The molecule has 1 aromatic rings. The van der Waals surface area contributed by atoms with Crippen molar-refractivity contribution in [2.24, 2.45) is 11.7 Å². The summed E-state index contributed by atoms with van der Waals surface area (Å²) in [6.07, 6.45) is 3.52. The van der Waals surface area contributed by atoms with Crippen molar-refractivity contribution in [2.45, 2.75) is 31.8 Å². The minimum atomic E-state index is -0.385. The van der Waals surface area contributed by atoms with Gasteiger partial charge in [0.25, 0.3) is 5.69 Å². The van der Waals surface area contributed by atoms with Gasteiger partial charge in [-0.25, -0.2) is 0 Å². The summed E-state index contributed by atoms with van der Waals surface area (Å²) < 4.78 is 5.15. The highest BCUT2D eigenvalue weighted by Gasteiger charge is 2.29. The van der Waals surface area contributed by atoms with Gasteiger partial charge in [-0.1, -0.05) is 6.42 Å². The molecule has 21 heavy (non-hydrogen) atoms. The summed E-state index contributed by atoms with van der Waals surface area (Å²) >= 11 is 0. The monoisotopic (exact) mass is 293 g/mol. The SMILES string of the molecule is COc1cc(CN(C)C2CCCC2CN)cc([N+](=O)[O-])c1. The van der Waals surface area contributed by atoms with E-state index in [0.29, 0.717) is 30.8 Å². The maximum Gasteiger partial charge on any atom is 0.273 e. The molecule has 2 N–H and O–H groups in total. The molecular formula is C15H23N3O3. The van der Waals surface area contributed by atoms with Crippen molar-refractivity contribution >= 4 is 5.69 Å². The molecule has 0 radical (unpaired) electrons. The molecule has 116 valence electrons. The zero-order chi connectivity index (χ0) is 15.4. The Morgan fingerprint density at radius 3 is 2.81 bits per heavy atom. The number of nitrogens with two attached hydrogens (primary N) is 1. The van der Waals surface area contributed by atoms with Crippen molar-refractivity contribution in [2.75, 3.05) is 20.7 Å². The van der Waals surface area contributed by atoms with E-state index in [-0.39, 0.29) is 10.6 Å². The highest BCUT2D eigenvalue weighted by molar-refractivity contribution is 5.42. The molecule has 0 spiro atoms. The van der Waals surface area contributed by atoms with Gasteiger partial charge in [0.05, 0.1) is 18.1 Å². The van der Waals surface area contributed by atoms with Crippen LogP contribution in [0, 0.1) is 16.0 Å². The molecule has 1 aliphatic rings. The molecule has 0 aliphatic heterocycles. The number of nitrogens with zero attached hydrogens (tertiary/aromatic N) is 2. The van der Waals surface area contributed by atoms with E-state index < -0.39 is 0 Å². The molecule has 0 amide bonds. The van der Waals surface area contributed by atoms with Crippen molar-refractivity contribution in [3.05, 3.63) is 33.9 Å². The fourth-order valence-electron chi connectivity index (χ4n) is 3.24. The molecule has 2 rings (SSSR count). The molecule has 1 saturated carbocycles. The number of benzene rings is 1. The molecule has 0 aromatic heterocycles. The van der Waals surface area contributed by atoms with E-state index in [1.54, 1.807) is 6.07 Å². The topological polar surface area (TPSA) is 81.6 Å². The lowest BCUT2D eigenvalue weighted by atomic mass is 10.0. The van der Waals surface area contributed by atoms with Gasteiger partial charge in [-0.2, -0.15) is 0 Å². The van der Waals surface area contributed by atoms with E-state index in [9.17, 15) is 10.1 Å². The van der Waals surface area contributed by atoms with Crippen molar-refractivity contribution in [3.63, 3.8) is 0 Å². The van der Waals surface area contributed by atoms with Crippen LogP contribution in [0.5, 0.6) is 5.75 Å². The lowest BCUT2D eigenvalue weighted by Gasteiger charge is -2.29. The Kier molecular flexibility index (Phi) is 5.14. The number of nitro groups is 1. The molecule has 2 unspecified atom stereocenters. The number of hydrogen-bond donors (Lipinski definition) is 1. The van der Waals surface area contributed by atoms with Gasteiger partial charge in [-0.3, -0.25) is 15.0 Å². The highest BCUT2D eigenvalue weighted by atomic mass is 16.6. The van der Waals surface area contributed by atoms with Crippen LogP contribution in [0.15, 0.2) is 18.2 Å². The zero-order valence-corrected chi connectivity index (χ0v) is 12.6. The third kappa shape index (κ3) is 3.71. The van der Waals surface area contributed by atoms with Crippen LogP contribution in [-0.4, -0.2) is 36.6 Å². The smallest absolute Gasteiger partial charge is 0.273 e. The van der Waals surface area contributed by atoms with Gasteiger partial charge in [0.2, 0.25) is 0 Å². The van der Waals surface area contributed by atoms with Crippen molar-refractivity contribution in [1.29, 1.82) is 0 Å². The second kappa shape index (κ2) is 6.87. The van der Waals surface area contributed by atoms with Crippen LogP contribution in [0.25, 0.3) is 0 Å². The first-order valence-electron chi connectivity index (χ1n) is 7.27. The average Bonchev–Trinajstić information content (AvgIpc) is 2.95. The van der Waals surface area contributed by atoms with E-state index in [1.807, 2.05) is 6.07 Å². The Hall–Kier alpha value is -1.66. The van der Waals surface area contributed by atoms with Crippen molar-refractivity contribution in [1.82, 2.24) is 4.90 Å². The van der Waals surface area contributed by atoms with E-state index in [1.165, 1.54) is 26.0 Å². The van der Waals surface area contributed by atoms with E-state index >= 15 is 0 Å². The summed E-state index contributed by atoms with van der Waals surface area (Å²) in [6, 6.07) is 5.38. The standard InChI is InChI=1S/C15H23N3O3/c1-17(15-5-3-4-12(15)9-16)10-11-6-13(18(19)20)8-14(7-11)21-2/h6-8,12,15H,3-5,9-10,16H2,1-2H3. The molecule has 6 heteroatoms. The van der Waals surface area contributed by atoms with Gasteiger partial charge < -0.3 is 10.5 Å². The van der Waals surface area contributed by atoms with Crippen LogP contribution < -0.4 is 10.5 Å². The van der Waals surface area contributed by atoms with Gasteiger partial charge in [-0.05, 0) is 44.0 Å². The number of non-ortho nitro benzene ring substituents is 1. The summed E-state index contributed by atoms with van der Waals surface area (Å²) in [5.74, 6) is 1.05. The first kappa shape index (κ1) is 15.7. The third-order valence-corrected chi connectivity index (χ3v) is 4.32. The molecule has 1 fully saturated rings. The molecular weight excluding hydrogens is 270 g/mol. The van der Waals surface area contributed by atoms with Crippen LogP contribution >= 0.6 is 0 Å². The van der Waals surface area contributed by atoms with E-state index in [4.69, 9.17) is 10.5 Å².